The third kappa shape index (κ3) is 7.60. The first-order valence-electron chi connectivity index (χ1n) is 8.78. The number of urea groups is 1. The van der Waals surface area contributed by atoms with Crippen LogP contribution in [0.5, 0.6) is 0 Å². The second kappa shape index (κ2) is 10.6. The van der Waals surface area contributed by atoms with E-state index in [1.165, 1.54) is 0 Å². The third-order valence-electron chi connectivity index (χ3n) is 3.79. The van der Waals surface area contributed by atoms with Gasteiger partial charge in [-0.2, -0.15) is 0 Å². The number of carboxylic acid groups (broad SMARTS) is 1. The van der Waals surface area contributed by atoms with E-state index in [1.54, 1.807) is 36.4 Å². The number of benzene rings is 2. The highest BCUT2D eigenvalue weighted by Crippen LogP contribution is 2.11. The van der Waals surface area contributed by atoms with Crippen molar-refractivity contribution < 1.29 is 19.5 Å². The van der Waals surface area contributed by atoms with Crippen LogP contribution in [-0.4, -0.2) is 29.6 Å². The van der Waals surface area contributed by atoms with E-state index in [0.717, 1.165) is 12.8 Å². The Morgan fingerprint density at radius 1 is 0.778 bits per heavy atom. The van der Waals surface area contributed by atoms with Gasteiger partial charge in [0.1, 0.15) is 0 Å². The van der Waals surface area contributed by atoms with E-state index in [-0.39, 0.29) is 18.4 Å². The van der Waals surface area contributed by atoms with E-state index < -0.39 is 5.97 Å². The number of nitrogens with one attached hydrogen (secondary N) is 3. The molecule has 0 heterocycles. The summed E-state index contributed by atoms with van der Waals surface area (Å²) in [5, 5.41) is 16.8. The van der Waals surface area contributed by atoms with Gasteiger partial charge in [-0.25, -0.2) is 4.79 Å². The minimum atomic E-state index is -0.801. The van der Waals surface area contributed by atoms with E-state index in [4.69, 9.17) is 5.11 Å². The fourth-order valence-electron chi connectivity index (χ4n) is 2.40. The lowest BCUT2D eigenvalue weighted by molar-refractivity contribution is -0.137. The molecule has 0 unspecified atom stereocenters. The molecule has 0 atom stereocenters. The molecule has 0 aromatic heterocycles. The van der Waals surface area contributed by atoms with Gasteiger partial charge in [-0.1, -0.05) is 24.6 Å². The maximum Gasteiger partial charge on any atom is 0.323 e. The van der Waals surface area contributed by atoms with Crippen LogP contribution in [0.3, 0.4) is 0 Å². The van der Waals surface area contributed by atoms with E-state index >= 15 is 0 Å². The molecule has 3 amide bonds. The first-order chi connectivity index (χ1) is 13.0. The number of para-hydroxylation sites is 1. The fraction of sp³-hybridized carbons (Fsp3) is 0.250. The van der Waals surface area contributed by atoms with Gasteiger partial charge in [0, 0.05) is 29.9 Å². The van der Waals surface area contributed by atoms with Crippen LogP contribution in [0.1, 0.15) is 36.0 Å². The molecule has 0 saturated carbocycles. The van der Waals surface area contributed by atoms with E-state index in [1.807, 2.05) is 18.2 Å². The van der Waals surface area contributed by atoms with Gasteiger partial charge in [0.05, 0.1) is 0 Å². The number of amides is 3. The zero-order valence-electron chi connectivity index (χ0n) is 14.9. The van der Waals surface area contributed by atoms with Crippen LogP contribution in [-0.2, 0) is 4.79 Å². The lowest BCUT2D eigenvalue weighted by atomic mass is 10.1. The van der Waals surface area contributed by atoms with Crippen LogP contribution in [0.25, 0.3) is 0 Å². The summed E-state index contributed by atoms with van der Waals surface area (Å²) in [5.74, 6) is -1.00. The van der Waals surface area contributed by atoms with E-state index in [0.29, 0.717) is 29.9 Å². The predicted octanol–water partition coefficient (Wildman–Crippen LogP) is 3.71. The van der Waals surface area contributed by atoms with Crippen LogP contribution in [0.15, 0.2) is 54.6 Å². The van der Waals surface area contributed by atoms with Gasteiger partial charge in [0.2, 0.25) is 0 Å². The molecule has 0 bridgehead atoms. The van der Waals surface area contributed by atoms with Crippen molar-refractivity contribution in [3.63, 3.8) is 0 Å². The van der Waals surface area contributed by atoms with Gasteiger partial charge in [0.25, 0.3) is 5.91 Å². The van der Waals surface area contributed by atoms with Crippen molar-refractivity contribution in [1.82, 2.24) is 5.32 Å². The SMILES string of the molecule is O=C(O)CCCCCNC(=O)c1ccc(NC(=O)Nc2ccccc2)cc1. The molecule has 142 valence electrons. The van der Waals surface area contributed by atoms with Crippen LogP contribution < -0.4 is 16.0 Å². The summed E-state index contributed by atoms with van der Waals surface area (Å²) >= 11 is 0. The van der Waals surface area contributed by atoms with Gasteiger partial charge in [0.15, 0.2) is 0 Å². The monoisotopic (exact) mass is 369 g/mol. The van der Waals surface area contributed by atoms with E-state index in [2.05, 4.69) is 16.0 Å². The minimum absolute atomic E-state index is 0.153. The van der Waals surface area contributed by atoms with Crippen LogP contribution in [0, 0.1) is 0 Å². The van der Waals surface area contributed by atoms with Gasteiger partial charge in [-0.05, 0) is 49.2 Å². The summed E-state index contributed by atoms with van der Waals surface area (Å²) in [6.07, 6.45) is 2.25. The van der Waals surface area contributed by atoms with Crippen molar-refractivity contribution in [2.24, 2.45) is 0 Å². The third-order valence-corrected chi connectivity index (χ3v) is 3.79. The number of anilines is 2. The largest absolute Gasteiger partial charge is 0.481 e. The highest BCUT2D eigenvalue weighted by atomic mass is 16.4. The van der Waals surface area contributed by atoms with Crippen LogP contribution in [0.4, 0.5) is 16.2 Å². The summed E-state index contributed by atoms with van der Waals surface area (Å²) in [6.45, 7) is 0.498. The molecule has 0 fully saturated rings. The Kier molecular flexibility index (Phi) is 7.84. The summed E-state index contributed by atoms with van der Waals surface area (Å²) in [4.78, 5) is 34.4. The molecule has 0 radical (unpaired) electrons. The number of hydrogen-bond acceptors (Lipinski definition) is 3. The Morgan fingerprint density at radius 3 is 2.04 bits per heavy atom. The Bertz CT molecular complexity index is 761. The van der Waals surface area contributed by atoms with Gasteiger partial charge in [-0.3, -0.25) is 9.59 Å². The molecule has 4 N–H and O–H groups in total. The Balaban J connectivity index is 1.73. The molecule has 0 aliphatic heterocycles. The summed E-state index contributed by atoms with van der Waals surface area (Å²) in [5.41, 5.74) is 1.76. The second-order valence-electron chi connectivity index (χ2n) is 5.98. The number of carbonyl (C=O) groups is 3. The Labute approximate surface area is 157 Å². The molecule has 2 rings (SSSR count). The summed E-state index contributed by atoms with van der Waals surface area (Å²) < 4.78 is 0. The average Bonchev–Trinajstić information content (AvgIpc) is 2.65. The molecule has 0 aliphatic rings. The first kappa shape index (κ1) is 20.0. The molecule has 0 spiro atoms. The number of carboxylic acids is 1. The Morgan fingerprint density at radius 2 is 1.41 bits per heavy atom. The molecule has 7 nitrogen and oxygen atoms in total. The number of carbonyl (C=O) groups excluding carboxylic acids is 2. The molecular weight excluding hydrogens is 346 g/mol. The van der Waals surface area contributed by atoms with Crippen molar-refractivity contribution >= 4 is 29.3 Å². The molecule has 2 aromatic carbocycles. The zero-order chi connectivity index (χ0) is 19.5. The summed E-state index contributed by atoms with van der Waals surface area (Å²) in [7, 11) is 0. The van der Waals surface area contributed by atoms with Crippen molar-refractivity contribution in [3.8, 4) is 0 Å². The minimum Gasteiger partial charge on any atom is -0.481 e. The Hall–Kier alpha value is -3.35. The molecule has 7 heteroatoms. The fourth-order valence-corrected chi connectivity index (χ4v) is 2.40. The molecule has 2 aromatic rings. The lowest BCUT2D eigenvalue weighted by Crippen LogP contribution is -2.24. The van der Waals surface area contributed by atoms with Gasteiger partial charge in [-0.15, -0.1) is 0 Å². The normalized spacial score (nSPS) is 10.1. The molecule has 27 heavy (non-hydrogen) atoms. The highest BCUT2D eigenvalue weighted by molar-refractivity contribution is 6.00. The van der Waals surface area contributed by atoms with Crippen LogP contribution in [0.2, 0.25) is 0 Å². The predicted molar refractivity (Wildman–Crippen MR) is 104 cm³/mol. The highest BCUT2D eigenvalue weighted by Gasteiger charge is 2.06. The number of hydrogen-bond donors (Lipinski definition) is 4. The molecular formula is C20H23N3O4. The maximum absolute atomic E-state index is 12.1. The average molecular weight is 369 g/mol. The number of unbranched alkanes of at least 4 members (excludes halogenated alkanes) is 2. The van der Waals surface area contributed by atoms with Gasteiger partial charge >= 0.3 is 12.0 Å². The quantitative estimate of drug-likeness (QED) is 0.505. The lowest BCUT2D eigenvalue weighted by Gasteiger charge is -2.09. The standard InChI is InChI=1S/C20H23N3O4/c24-18(25)9-5-2-6-14-21-19(26)15-10-12-17(13-11-15)23-20(27)22-16-7-3-1-4-8-16/h1,3-4,7-8,10-13H,2,5-6,9,14H2,(H,21,26)(H,24,25)(H2,22,23,27). The van der Waals surface area contributed by atoms with Crippen molar-refractivity contribution in [2.75, 3.05) is 17.2 Å². The van der Waals surface area contributed by atoms with Gasteiger partial charge < -0.3 is 21.1 Å². The topological polar surface area (TPSA) is 108 Å². The smallest absolute Gasteiger partial charge is 0.323 e. The van der Waals surface area contributed by atoms with Crippen LogP contribution >= 0.6 is 0 Å². The number of aliphatic carboxylic acids is 1. The van der Waals surface area contributed by atoms with Crippen molar-refractivity contribution in [3.05, 3.63) is 60.2 Å². The molecule has 0 saturated heterocycles. The van der Waals surface area contributed by atoms with Crippen molar-refractivity contribution in [2.45, 2.75) is 25.7 Å². The summed E-state index contributed by atoms with van der Waals surface area (Å²) in [6, 6.07) is 15.3. The zero-order valence-corrected chi connectivity index (χ0v) is 14.9. The second-order valence-corrected chi connectivity index (χ2v) is 5.98. The number of rotatable bonds is 9. The molecule has 0 aliphatic carbocycles. The van der Waals surface area contributed by atoms with Crippen molar-refractivity contribution in [1.29, 1.82) is 0 Å². The van der Waals surface area contributed by atoms with E-state index in [9.17, 15) is 14.4 Å². The first-order valence-corrected chi connectivity index (χ1v) is 8.78. The maximum atomic E-state index is 12.1.